The predicted molar refractivity (Wildman–Crippen MR) is 145 cm³/mol. The molecule has 1 saturated carbocycles. The van der Waals surface area contributed by atoms with Crippen LogP contribution in [0.5, 0.6) is 0 Å². The molecule has 3 aromatic heterocycles. The van der Waals surface area contributed by atoms with E-state index in [-0.39, 0.29) is 12.1 Å². The first-order chi connectivity index (χ1) is 18.4. The van der Waals surface area contributed by atoms with Gasteiger partial charge in [-0.05, 0) is 50.7 Å². The summed E-state index contributed by atoms with van der Waals surface area (Å²) in [5, 5.41) is 3.28. The fourth-order valence-corrected chi connectivity index (χ4v) is 6.00. The summed E-state index contributed by atoms with van der Waals surface area (Å²) in [6.45, 7) is 8.90. The van der Waals surface area contributed by atoms with Crippen LogP contribution in [-0.2, 0) is 16.1 Å². The average molecular weight is 540 g/mol. The summed E-state index contributed by atoms with van der Waals surface area (Å²) in [7, 11) is 0. The second-order valence-corrected chi connectivity index (χ2v) is 11.5. The van der Waals surface area contributed by atoms with Crippen molar-refractivity contribution in [1.29, 1.82) is 0 Å². The van der Waals surface area contributed by atoms with Gasteiger partial charge >= 0.3 is 6.09 Å². The zero-order valence-corrected chi connectivity index (χ0v) is 22.7. The molecule has 11 heteroatoms. The molecule has 3 unspecified atom stereocenters. The number of rotatable bonds is 5. The molecule has 0 radical (unpaired) electrons. The zero-order valence-electron chi connectivity index (χ0n) is 22.0. The highest BCUT2D eigenvalue weighted by Gasteiger charge is 2.32. The molecule has 3 aliphatic rings. The van der Waals surface area contributed by atoms with Gasteiger partial charge in [-0.25, -0.2) is 14.8 Å². The first kappa shape index (κ1) is 25.3. The van der Waals surface area contributed by atoms with Crippen molar-refractivity contribution in [2.75, 3.05) is 18.1 Å². The molecule has 0 spiro atoms. The van der Waals surface area contributed by atoms with E-state index in [1.165, 1.54) is 25.7 Å². The molecule has 5 heterocycles. The molecule has 38 heavy (non-hydrogen) atoms. The Morgan fingerprint density at radius 2 is 1.92 bits per heavy atom. The minimum Gasteiger partial charge on any atom is -0.375 e. The molecule has 6 rings (SSSR count). The number of anilines is 1. The van der Waals surface area contributed by atoms with Crippen LogP contribution in [0.3, 0.4) is 0 Å². The molecular formula is C27H34ClN7O3. The van der Waals surface area contributed by atoms with Crippen molar-refractivity contribution in [3.8, 4) is 11.3 Å². The predicted octanol–water partition coefficient (Wildman–Crippen LogP) is 4.83. The number of pyridine rings is 2. The van der Waals surface area contributed by atoms with Crippen molar-refractivity contribution in [3.05, 3.63) is 35.2 Å². The molecule has 3 atom stereocenters. The molecular weight excluding hydrogens is 506 g/mol. The number of carbonyl (C=O) groups excluding carboxylic acids is 1. The van der Waals surface area contributed by atoms with Gasteiger partial charge in [0, 0.05) is 31.0 Å². The quantitative estimate of drug-likeness (QED) is 0.475. The minimum absolute atomic E-state index is 0.107. The second kappa shape index (κ2) is 10.3. The number of hydrogen-bond donors (Lipinski definition) is 2. The Morgan fingerprint density at radius 3 is 2.66 bits per heavy atom. The minimum atomic E-state index is -0.589. The van der Waals surface area contributed by atoms with Gasteiger partial charge in [0.1, 0.15) is 0 Å². The number of fused-ring (bicyclic) bond motifs is 1. The number of nitrogens with zero attached hydrogens (tertiary/aromatic N) is 5. The Balaban J connectivity index is 1.54. The number of halogens is 1. The van der Waals surface area contributed by atoms with E-state index in [1.54, 1.807) is 12.4 Å². The van der Waals surface area contributed by atoms with Crippen molar-refractivity contribution < 1.29 is 14.4 Å². The van der Waals surface area contributed by atoms with Crippen LogP contribution in [0.15, 0.2) is 24.5 Å². The highest BCUT2D eigenvalue weighted by molar-refractivity contribution is 6.30. The van der Waals surface area contributed by atoms with E-state index in [4.69, 9.17) is 31.1 Å². The number of morpholine rings is 1. The maximum absolute atomic E-state index is 11.8. The lowest BCUT2D eigenvalue weighted by atomic mass is 9.83. The Kier molecular flexibility index (Phi) is 6.88. The maximum atomic E-state index is 11.8. The summed E-state index contributed by atoms with van der Waals surface area (Å²) in [6.07, 6.45) is 7.25. The molecule has 2 saturated heterocycles. The second-order valence-electron chi connectivity index (χ2n) is 11.0. The number of carbonyl (C=O) groups is 1. The van der Waals surface area contributed by atoms with E-state index in [2.05, 4.69) is 46.0 Å². The van der Waals surface area contributed by atoms with Gasteiger partial charge in [0.15, 0.2) is 6.17 Å². The number of hydrogen-bond acceptors (Lipinski definition) is 8. The van der Waals surface area contributed by atoms with Crippen LogP contribution in [0, 0.1) is 11.8 Å². The van der Waals surface area contributed by atoms with Gasteiger partial charge in [-0.3, -0.25) is 10.3 Å². The van der Waals surface area contributed by atoms with Crippen molar-refractivity contribution in [3.63, 3.8) is 0 Å². The largest absolute Gasteiger partial charge is 0.427 e. The normalized spacial score (nSPS) is 27.9. The van der Waals surface area contributed by atoms with Crippen LogP contribution in [0.25, 0.3) is 22.3 Å². The maximum Gasteiger partial charge on any atom is 0.427 e. The van der Waals surface area contributed by atoms with Crippen LogP contribution >= 0.6 is 11.6 Å². The molecule has 1 amide bonds. The molecule has 0 bridgehead atoms. The summed E-state index contributed by atoms with van der Waals surface area (Å²) in [4.78, 5) is 33.7. The monoisotopic (exact) mass is 539 g/mol. The Hall–Kier alpha value is -2.95. The summed E-state index contributed by atoms with van der Waals surface area (Å²) < 4.78 is 8.30. The topological polar surface area (TPSA) is 106 Å². The third kappa shape index (κ3) is 4.92. The van der Waals surface area contributed by atoms with E-state index in [9.17, 15) is 4.79 Å². The molecule has 1 aliphatic carbocycles. The molecule has 202 valence electrons. The number of ether oxygens (including phenoxy) is 1. The molecule has 2 aliphatic heterocycles. The van der Waals surface area contributed by atoms with E-state index < -0.39 is 12.3 Å². The lowest BCUT2D eigenvalue weighted by Crippen LogP contribution is -2.48. The average Bonchev–Trinajstić information content (AvgIpc) is 3.50. The van der Waals surface area contributed by atoms with Gasteiger partial charge in [-0.15, -0.1) is 5.48 Å². The zero-order chi connectivity index (χ0) is 26.4. The highest BCUT2D eigenvalue weighted by atomic mass is 35.5. The molecule has 10 nitrogen and oxygen atoms in total. The van der Waals surface area contributed by atoms with Gasteiger partial charge in [0.05, 0.1) is 46.2 Å². The van der Waals surface area contributed by atoms with Crippen LogP contribution in [0.2, 0.25) is 5.02 Å². The molecule has 3 aromatic rings. The van der Waals surface area contributed by atoms with Crippen LogP contribution in [0.1, 0.15) is 58.3 Å². The smallest absolute Gasteiger partial charge is 0.375 e. The number of nitrogens with one attached hydrogen (secondary N) is 2. The Labute approximate surface area is 227 Å². The van der Waals surface area contributed by atoms with E-state index in [0.29, 0.717) is 23.2 Å². The Morgan fingerprint density at radius 1 is 1.11 bits per heavy atom. The first-order valence-electron chi connectivity index (χ1n) is 13.5. The van der Waals surface area contributed by atoms with Gasteiger partial charge in [0.2, 0.25) is 5.95 Å². The van der Waals surface area contributed by atoms with Gasteiger partial charge in [-0.1, -0.05) is 31.4 Å². The molecule has 3 fully saturated rings. The first-order valence-corrected chi connectivity index (χ1v) is 13.9. The number of imidazole rings is 1. The summed E-state index contributed by atoms with van der Waals surface area (Å²) in [5.41, 5.74) is 6.59. The third-order valence-corrected chi connectivity index (χ3v) is 8.18. The lowest BCUT2D eigenvalue weighted by Gasteiger charge is -2.38. The van der Waals surface area contributed by atoms with Gasteiger partial charge < -0.3 is 19.0 Å². The van der Waals surface area contributed by atoms with Crippen molar-refractivity contribution in [2.24, 2.45) is 11.8 Å². The standard InChI is InChI=1S/C27H34ClN7O3/c1-15-4-6-18(7-5-15)13-35-24-21(31-26(35)34-12-17(3)37-14-16(34)2)9-22(25-32-27(36)38-33-25)30-23(24)19-8-20(28)11-29-10-19/h8-11,15-18,25,33H,4-7,12-14H2,1-3H3,(H,32,36). The van der Waals surface area contributed by atoms with Crippen LogP contribution < -0.4 is 15.7 Å². The fourth-order valence-electron chi connectivity index (χ4n) is 5.82. The fraction of sp³-hybridized carbons (Fsp3) is 0.556. The van der Waals surface area contributed by atoms with Crippen molar-refractivity contribution >= 4 is 34.7 Å². The molecule has 2 N–H and O–H groups in total. The SMILES string of the molecule is CC1CCC(Cn2c(N3CC(C)OCC3C)nc3cc(C4NOC(=O)N4)nc(-c4cncc(Cl)c4)c32)CC1. The van der Waals surface area contributed by atoms with Crippen LogP contribution in [-0.4, -0.2) is 50.9 Å². The summed E-state index contributed by atoms with van der Waals surface area (Å²) >= 11 is 6.38. The van der Waals surface area contributed by atoms with E-state index in [1.807, 2.05) is 12.1 Å². The number of hydroxylamine groups is 1. The summed E-state index contributed by atoms with van der Waals surface area (Å²) in [6, 6.07) is 3.98. The summed E-state index contributed by atoms with van der Waals surface area (Å²) in [5.74, 6) is 2.26. The number of aromatic nitrogens is 4. The van der Waals surface area contributed by atoms with Crippen LogP contribution in [0.4, 0.5) is 10.7 Å². The highest BCUT2D eigenvalue weighted by Crippen LogP contribution is 2.37. The van der Waals surface area contributed by atoms with Gasteiger partial charge in [-0.2, -0.15) is 0 Å². The van der Waals surface area contributed by atoms with Crippen molar-refractivity contribution in [1.82, 2.24) is 30.3 Å². The number of amides is 1. The van der Waals surface area contributed by atoms with Gasteiger partial charge in [0.25, 0.3) is 0 Å². The van der Waals surface area contributed by atoms with E-state index >= 15 is 0 Å². The van der Waals surface area contributed by atoms with E-state index in [0.717, 1.165) is 47.2 Å². The third-order valence-electron chi connectivity index (χ3n) is 7.97. The molecule has 0 aromatic carbocycles. The Bertz CT molecular complexity index is 1340. The van der Waals surface area contributed by atoms with Crippen molar-refractivity contribution in [2.45, 2.75) is 71.3 Å². The lowest BCUT2D eigenvalue weighted by molar-refractivity contribution is 0.0333.